The van der Waals surface area contributed by atoms with E-state index in [2.05, 4.69) is 0 Å². The highest BCUT2D eigenvalue weighted by Crippen LogP contribution is 2.12. The first-order valence-electron chi connectivity index (χ1n) is 5.73. The number of carbonyl (C=O) groups is 1. The summed E-state index contributed by atoms with van der Waals surface area (Å²) in [6.45, 7) is 3.89. The standard InChI is InChI=1S/C13H20N2O2/c1-4-15(10-13(17)14(2)3)9-11-6-5-7-12(16)8-11/h5-8,16H,4,9-10H2,1-3H3. The van der Waals surface area contributed by atoms with Gasteiger partial charge in [-0.15, -0.1) is 0 Å². The van der Waals surface area contributed by atoms with Crippen molar-refractivity contribution >= 4 is 5.91 Å². The molecule has 0 fully saturated rings. The van der Waals surface area contributed by atoms with Gasteiger partial charge in [0, 0.05) is 20.6 Å². The maximum atomic E-state index is 11.6. The van der Waals surface area contributed by atoms with E-state index in [-0.39, 0.29) is 11.7 Å². The van der Waals surface area contributed by atoms with Gasteiger partial charge in [-0.3, -0.25) is 9.69 Å². The number of nitrogens with zero attached hydrogens (tertiary/aromatic N) is 2. The number of likely N-dealkylation sites (N-methyl/N-ethyl adjacent to an activating group) is 2. The van der Waals surface area contributed by atoms with Crippen molar-refractivity contribution in [2.45, 2.75) is 13.5 Å². The van der Waals surface area contributed by atoms with Crippen LogP contribution < -0.4 is 0 Å². The van der Waals surface area contributed by atoms with Crippen LogP contribution >= 0.6 is 0 Å². The summed E-state index contributed by atoms with van der Waals surface area (Å²) in [6.07, 6.45) is 0. The number of phenols is 1. The number of carbonyl (C=O) groups excluding carboxylic acids is 1. The van der Waals surface area contributed by atoms with Gasteiger partial charge in [0.25, 0.3) is 0 Å². The third-order valence-corrected chi connectivity index (χ3v) is 2.62. The minimum absolute atomic E-state index is 0.0898. The van der Waals surface area contributed by atoms with Crippen LogP contribution in [0.2, 0.25) is 0 Å². The normalized spacial score (nSPS) is 10.6. The molecule has 0 aromatic heterocycles. The van der Waals surface area contributed by atoms with Gasteiger partial charge in [0.15, 0.2) is 0 Å². The Balaban J connectivity index is 2.61. The van der Waals surface area contributed by atoms with E-state index in [9.17, 15) is 9.90 Å². The van der Waals surface area contributed by atoms with E-state index in [1.165, 1.54) is 0 Å². The maximum Gasteiger partial charge on any atom is 0.236 e. The Morgan fingerprint density at radius 1 is 1.35 bits per heavy atom. The molecule has 0 atom stereocenters. The lowest BCUT2D eigenvalue weighted by atomic mass is 10.2. The first kappa shape index (κ1) is 13.5. The lowest BCUT2D eigenvalue weighted by Gasteiger charge is -2.22. The van der Waals surface area contributed by atoms with E-state index >= 15 is 0 Å². The Morgan fingerprint density at radius 2 is 2.06 bits per heavy atom. The molecular weight excluding hydrogens is 216 g/mol. The van der Waals surface area contributed by atoms with Gasteiger partial charge in [0.1, 0.15) is 5.75 Å². The Bertz CT molecular complexity index is 377. The second kappa shape index (κ2) is 6.25. The maximum absolute atomic E-state index is 11.6. The largest absolute Gasteiger partial charge is 0.508 e. The smallest absolute Gasteiger partial charge is 0.236 e. The van der Waals surface area contributed by atoms with Gasteiger partial charge in [0.2, 0.25) is 5.91 Å². The molecule has 0 radical (unpaired) electrons. The Morgan fingerprint density at radius 3 is 2.59 bits per heavy atom. The molecule has 0 aliphatic carbocycles. The van der Waals surface area contributed by atoms with Crippen molar-refractivity contribution < 1.29 is 9.90 Å². The number of hydrogen-bond acceptors (Lipinski definition) is 3. The first-order chi connectivity index (χ1) is 8.02. The van der Waals surface area contributed by atoms with E-state index in [4.69, 9.17) is 0 Å². The second-order valence-corrected chi connectivity index (χ2v) is 4.26. The van der Waals surface area contributed by atoms with Crippen LogP contribution in [-0.4, -0.2) is 48.0 Å². The summed E-state index contributed by atoms with van der Waals surface area (Å²) in [5.41, 5.74) is 1.01. The first-order valence-corrected chi connectivity index (χ1v) is 5.73. The fourth-order valence-electron chi connectivity index (χ4n) is 1.53. The summed E-state index contributed by atoms with van der Waals surface area (Å²) in [7, 11) is 3.51. The summed E-state index contributed by atoms with van der Waals surface area (Å²) in [5.74, 6) is 0.351. The van der Waals surface area contributed by atoms with E-state index in [1.54, 1.807) is 31.1 Å². The topological polar surface area (TPSA) is 43.8 Å². The molecule has 0 saturated carbocycles. The molecule has 1 aromatic carbocycles. The second-order valence-electron chi connectivity index (χ2n) is 4.26. The van der Waals surface area contributed by atoms with Gasteiger partial charge >= 0.3 is 0 Å². The fourth-order valence-corrected chi connectivity index (χ4v) is 1.53. The lowest BCUT2D eigenvalue weighted by Crippen LogP contribution is -2.36. The third-order valence-electron chi connectivity index (χ3n) is 2.62. The van der Waals surface area contributed by atoms with Gasteiger partial charge < -0.3 is 10.0 Å². The minimum Gasteiger partial charge on any atom is -0.508 e. The molecule has 4 heteroatoms. The Hall–Kier alpha value is -1.55. The lowest BCUT2D eigenvalue weighted by molar-refractivity contribution is -0.130. The zero-order chi connectivity index (χ0) is 12.8. The summed E-state index contributed by atoms with van der Waals surface area (Å²) >= 11 is 0. The van der Waals surface area contributed by atoms with Gasteiger partial charge in [-0.25, -0.2) is 0 Å². The van der Waals surface area contributed by atoms with Crippen LogP contribution in [0.1, 0.15) is 12.5 Å². The highest BCUT2D eigenvalue weighted by atomic mass is 16.3. The summed E-state index contributed by atoms with van der Waals surface area (Å²) in [4.78, 5) is 15.2. The van der Waals surface area contributed by atoms with Crippen LogP contribution in [0.25, 0.3) is 0 Å². The third kappa shape index (κ3) is 4.44. The molecule has 0 unspecified atom stereocenters. The molecular formula is C13H20N2O2. The number of aromatic hydroxyl groups is 1. The zero-order valence-corrected chi connectivity index (χ0v) is 10.7. The van der Waals surface area contributed by atoms with Crippen molar-refractivity contribution in [3.05, 3.63) is 29.8 Å². The molecule has 0 heterocycles. The van der Waals surface area contributed by atoms with Crippen molar-refractivity contribution in [2.75, 3.05) is 27.2 Å². The van der Waals surface area contributed by atoms with E-state index < -0.39 is 0 Å². The van der Waals surface area contributed by atoms with E-state index in [1.807, 2.05) is 24.0 Å². The van der Waals surface area contributed by atoms with Crippen LogP contribution in [0.15, 0.2) is 24.3 Å². The number of phenolic OH excluding ortho intramolecular Hbond substituents is 1. The van der Waals surface area contributed by atoms with E-state index in [0.29, 0.717) is 13.1 Å². The highest BCUT2D eigenvalue weighted by molar-refractivity contribution is 5.77. The molecule has 1 N–H and O–H groups in total. The van der Waals surface area contributed by atoms with Crippen LogP contribution in [0.5, 0.6) is 5.75 Å². The average Bonchev–Trinajstić information content (AvgIpc) is 2.27. The Kier molecular flexibility index (Phi) is 4.97. The predicted molar refractivity (Wildman–Crippen MR) is 67.8 cm³/mol. The van der Waals surface area contributed by atoms with Crippen molar-refractivity contribution in [1.82, 2.24) is 9.80 Å². The van der Waals surface area contributed by atoms with Gasteiger partial charge in [0.05, 0.1) is 6.54 Å². The molecule has 4 nitrogen and oxygen atoms in total. The SMILES string of the molecule is CCN(CC(=O)N(C)C)Cc1cccc(O)c1. The highest BCUT2D eigenvalue weighted by Gasteiger charge is 2.11. The molecule has 0 aliphatic rings. The van der Waals surface area contributed by atoms with Gasteiger partial charge in [-0.1, -0.05) is 19.1 Å². The fraction of sp³-hybridized carbons (Fsp3) is 0.462. The average molecular weight is 236 g/mol. The van der Waals surface area contributed by atoms with Gasteiger partial charge in [-0.2, -0.15) is 0 Å². The number of hydrogen-bond donors (Lipinski definition) is 1. The number of rotatable bonds is 5. The van der Waals surface area contributed by atoms with Crippen LogP contribution in [0.4, 0.5) is 0 Å². The van der Waals surface area contributed by atoms with Gasteiger partial charge in [-0.05, 0) is 24.2 Å². The summed E-state index contributed by atoms with van der Waals surface area (Å²) in [6, 6.07) is 7.13. The van der Waals surface area contributed by atoms with Crippen LogP contribution in [-0.2, 0) is 11.3 Å². The van der Waals surface area contributed by atoms with Crippen molar-refractivity contribution in [3.63, 3.8) is 0 Å². The van der Waals surface area contributed by atoms with Crippen molar-refractivity contribution in [1.29, 1.82) is 0 Å². The number of benzene rings is 1. The minimum atomic E-state index is 0.0898. The molecule has 0 spiro atoms. The van der Waals surface area contributed by atoms with Crippen LogP contribution in [0, 0.1) is 0 Å². The van der Waals surface area contributed by atoms with E-state index in [0.717, 1.165) is 12.1 Å². The molecule has 1 aromatic rings. The molecule has 1 rings (SSSR count). The quantitative estimate of drug-likeness (QED) is 0.838. The van der Waals surface area contributed by atoms with Crippen molar-refractivity contribution in [3.8, 4) is 5.75 Å². The van der Waals surface area contributed by atoms with Crippen molar-refractivity contribution in [2.24, 2.45) is 0 Å². The molecule has 0 bridgehead atoms. The summed E-state index contributed by atoms with van der Waals surface area (Å²) in [5, 5.41) is 9.38. The monoisotopic (exact) mass is 236 g/mol. The molecule has 1 amide bonds. The molecule has 94 valence electrons. The van der Waals surface area contributed by atoms with Crippen LogP contribution in [0.3, 0.4) is 0 Å². The predicted octanol–water partition coefficient (Wildman–Crippen LogP) is 1.30. The molecule has 17 heavy (non-hydrogen) atoms. The molecule has 0 saturated heterocycles. The Labute approximate surface area is 102 Å². The number of amides is 1. The molecule has 0 aliphatic heterocycles. The zero-order valence-electron chi connectivity index (χ0n) is 10.7. The summed E-state index contributed by atoms with van der Waals surface area (Å²) < 4.78 is 0.